The van der Waals surface area contributed by atoms with E-state index in [0.717, 1.165) is 27.9 Å². The lowest BCUT2D eigenvalue weighted by Crippen LogP contribution is -2.29. The summed E-state index contributed by atoms with van der Waals surface area (Å²) in [5.41, 5.74) is 21.7. The molecule has 3 aromatic carbocycles. The van der Waals surface area contributed by atoms with Crippen LogP contribution in [0.4, 0.5) is 24.5 Å². The van der Waals surface area contributed by atoms with Crippen molar-refractivity contribution in [3.05, 3.63) is 88.5 Å². The number of hydrogen-bond donors (Lipinski definition) is 3. The highest BCUT2D eigenvalue weighted by Crippen LogP contribution is 2.26. The molecule has 0 saturated carbocycles. The molecule has 0 aromatic heterocycles. The van der Waals surface area contributed by atoms with Crippen LogP contribution in [0.25, 0.3) is 0 Å². The summed E-state index contributed by atoms with van der Waals surface area (Å²) in [5, 5.41) is 8.14. The lowest BCUT2D eigenvalue weighted by atomic mass is 10.0. The fourth-order valence-electron chi connectivity index (χ4n) is 4.09. The van der Waals surface area contributed by atoms with Crippen molar-refractivity contribution in [3.8, 4) is 17.2 Å². The number of aliphatic imine (C=N–C) groups is 3. The van der Waals surface area contributed by atoms with E-state index in [-0.39, 0.29) is 11.6 Å². The van der Waals surface area contributed by atoms with Crippen molar-refractivity contribution in [3.63, 3.8) is 0 Å². The molecule has 0 saturated heterocycles. The van der Waals surface area contributed by atoms with Crippen molar-refractivity contribution >= 4 is 54.8 Å². The third-order valence-corrected chi connectivity index (χ3v) is 8.85. The number of benzene rings is 3. The average molecular weight is 623 g/mol. The Morgan fingerprint density at radius 3 is 2.35 bits per heavy atom. The first kappa shape index (κ1) is 33.2. The van der Waals surface area contributed by atoms with Crippen LogP contribution in [0.3, 0.4) is 0 Å². The van der Waals surface area contributed by atoms with Gasteiger partial charge in [0.1, 0.15) is 26.0 Å². The number of nitrogens with zero attached hydrogens (tertiary/aromatic N) is 3. The minimum absolute atomic E-state index is 0.219. The number of rotatable bonds is 9. The Bertz CT molecular complexity index is 1590. The van der Waals surface area contributed by atoms with Gasteiger partial charge in [0.15, 0.2) is 5.17 Å². The number of para-hydroxylation sites is 1. The second-order valence-corrected chi connectivity index (χ2v) is 15.6. The second-order valence-electron chi connectivity index (χ2n) is 10.2. The maximum atomic E-state index is 12.4. The van der Waals surface area contributed by atoms with Gasteiger partial charge in [-0.3, -0.25) is 0 Å². The fraction of sp³-hybridized carbons (Fsp3) is 0.226. The molecule has 3 aromatic rings. The summed E-state index contributed by atoms with van der Waals surface area (Å²) in [4.78, 5) is 13.0. The van der Waals surface area contributed by atoms with E-state index in [0.29, 0.717) is 28.2 Å². The van der Waals surface area contributed by atoms with Crippen LogP contribution >= 0.6 is 11.8 Å². The van der Waals surface area contributed by atoms with E-state index in [2.05, 4.69) is 44.3 Å². The highest BCUT2D eigenvalue weighted by molar-refractivity contribution is 8.14. The smallest absolute Gasteiger partial charge is 0.406 e. The number of ether oxygens (including phenoxy) is 1. The predicted molar refractivity (Wildman–Crippen MR) is 175 cm³/mol. The van der Waals surface area contributed by atoms with Gasteiger partial charge in [-0.15, -0.1) is 18.7 Å². The molecule has 0 aliphatic rings. The van der Waals surface area contributed by atoms with Gasteiger partial charge in [0.25, 0.3) is 0 Å². The fourth-order valence-corrected chi connectivity index (χ4v) is 6.57. The summed E-state index contributed by atoms with van der Waals surface area (Å²) in [6.45, 7) is 8.31. The molecular weight excluding hydrogens is 590 g/mol. The molecule has 3 rings (SSSR count). The van der Waals surface area contributed by atoms with Crippen LogP contribution in [0.15, 0.2) is 75.6 Å². The minimum Gasteiger partial charge on any atom is -0.406 e. The lowest BCUT2D eigenvalue weighted by molar-refractivity contribution is -0.274. The molecule has 0 amide bonds. The van der Waals surface area contributed by atoms with Crippen LogP contribution in [-0.2, 0) is 6.04 Å². The quantitative estimate of drug-likeness (QED) is 0.103. The van der Waals surface area contributed by atoms with Gasteiger partial charge in [0, 0.05) is 11.8 Å². The standard InChI is InChI=1S/C31H33F3N6OSSi/c1-21-7-5-8-22(2)28(21)40-30(37)42-15-6-16-43(3,4)19-24-17-23(18-35)9-14-27(24)29(36)39-20-38-25-10-12-26(13-11-25)41-31(32,33)34/h5,7-14,17-18,20,35H,15,19H2,1-4H3,(H2,37,40)(H2,36,38,39). The molecular formula is C31H33F3N6OSSi. The van der Waals surface area contributed by atoms with Crippen molar-refractivity contribution in [1.82, 2.24) is 0 Å². The largest absolute Gasteiger partial charge is 0.573 e. The normalized spacial score (nSPS) is 12.6. The molecule has 5 N–H and O–H groups in total. The molecule has 0 radical (unpaired) electrons. The molecule has 0 spiro atoms. The molecule has 0 fully saturated rings. The summed E-state index contributed by atoms with van der Waals surface area (Å²) in [7, 11) is -2.09. The van der Waals surface area contributed by atoms with Gasteiger partial charge in [-0.25, -0.2) is 15.0 Å². The van der Waals surface area contributed by atoms with Gasteiger partial charge in [-0.2, -0.15) is 0 Å². The van der Waals surface area contributed by atoms with Crippen molar-refractivity contribution in [2.45, 2.75) is 39.3 Å². The molecule has 12 heteroatoms. The topological polar surface area (TPSA) is 122 Å². The summed E-state index contributed by atoms with van der Waals surface area (Å²) >= 11 is 1.40. The van der Waals surface area contributed by atoms with Crippen LogP contribution in [0, 0.1) is 30.7 Å². The van der Waals surface area contributed by atoms with Crippen molar-refractivity contribution in [2.24, 2.45) is 26.4 Å². The third-order valence-electron chi connectivity index (χ3n) is 6.06. The zero-order valence-electron chi connectivity index (χ0n) is 24.3. The van der Waals surface area contributed by atoms with Gasteiger partial charge in [-0.05, 0) is 72.5 Å². The van der Waals surface area contributed by atoms with E-state index >= 15 is 0 Å². The summed E-state index contributed by atoms with van der Waals surface area (Å²) in [6.07, 6.45) is -2.25. The zero-order valence-corrected chi connectivity index (χ0v) is 26.1. The SMILES string of the molecule is Cc1cccc(C)c1N=C(N)SCC#C[Si](C)(C)Cc1cc(C=N)ccc1C(N)=NC=Nc1ccc(OC(F)(F)F)cc1. The first-order valence-electron chi connectivity index (χ1n) is 13.1. The first-order chi connectivity index (χ1) is 20.3. The van der Waals surface area contributed by atoms with Crippen LogP contribution in [0.5, 0.6) is 5.75 Å². The predicted octanol–water partition coefficient (Wildman–Crippen LogP) is 6.98. The van der Waals surface area contributed by atoms with E-state index in [1.165, 1.54) is 48.6 Å². The second kappa shape index (κ2) is 14.7. The molecule has 0 atom stereocenters. The molecule has 0 heterocycles. The zero-order chi connectivity index (χ0) is 31.6. The van der Waals surface area contributed by atoms with Gasteiger partial charge in [-0.1, -0.05) is 61.1 Å². The van der Waals surface area contributed by atoms with Crippen LogP contribution in [-0.4, -0.2) is 43.7 Å². The van der Waals surface area contributed by atoms with E-state index in [1.807, 2.05) is 44.2 Å². The van der Waals surface area contributed by atoms with Crippen LogP contribution in [0.1, 0.15) is 27.8 Å². The number of nitrogens with one attached hydrogen (secondary N) is 1. The first-order valence-corrected chi connectivity index (χ1v) is 17.3. The number of halogens is 3. The van der Waals surface area contributed by atoms with Crippen molar-refractivity contribution in [1.29, 1.82) is 5.41 Å². The van der Waals surface area contributed by atoms with Crippen molar-refractivity contribution < 1.29 is 17.9 Å². The van der Waals surface area contributed by atoms with Crippen LogP contribution < -0.4 is 16.2 Å². The Labute approximate surface area is 254 Å². The molecule has 0 bridgehead atoms. The minimum atomic E-state index is -4.76. The Morgan fingerprint density at radius 1 is 1.05 bits per heavy atom. The highest BCUT2D eigenvalue weighted by atomic mass is 32.2. The number of alkyl halides is 3. The molecule has 7 nitrogen and oxygen atoms in total. The number of nitrogens with two attached hydrogens (primary N) is 2. The van der Waals surface area contributed by atoms with Crippen molar-refractivity contribution in [2.75, 3.05) is 5.75 Å². The lowest BCUT2D eigenvalue weighted by Gasteiger charge is -2.18. The van der Waals surface area contributed by atoms with Gasteiger partial charge in [0.2, 0.25) is 0 Å². The Hall–Kier alpha value is -4.34. The van der Waals surface area contributed by atoms with Gasteiger partial charge in [0.05, 0.1) is 17.1 Å². The molecule has 0 aliphatic heterocycles. The van der Waals surface area contributed by atoms with E-state index in [9.17, 15) is 13.2 Å². The Morgan fingerprint density at radius 2 is 1.72 bits per heavy atom. The Balaban J connectivity index is 1.71. The summed E-state index contributed by atoms with van der Waals surface area (Å²) in [6, 6.07) is 17.2. The summed E-state index contributed by atoms with van der Waals surface area (Å²) in [5.74, 6) is 3.64. The van der Waals surface area contributed by atoms with E-state index in [1.54, 1.807) is 6.07 Å². The maximum Gasteiger partial charge on any atom is 0.573 e. The Kier molecular flexibility index (Phi) is 11.3. The average Bonchev–Trinajstić information content (AvgIpc) is 2.93. The number of amidine groups is 2. The van der Waals surface area contributed by atoms with E-state index in [4.69, 9.17) is 16.9 Å². The monoisotopic (exact) mass is 622 g/mol. The van der Waals surface area contributed by atoms with E-state index < -0.39 is 14.4 Å². The molecule has 0 aliphatic carbocycles. The number of thioether (sulfide) groups is 1. The van der Waals surface area contributed by atoms with Gasteiger partial charge >= 0.3 is 6.36 Å². The number of aryl methyl sites for hydroxylation is 2. The summed E-state index contributed by atoms with van der Waals surface area (Å²) < 4.78 is 41.0. The highest BCUT2D eigenvalue weighted by Gasteiger charge is 2.31. The molecule has 224 valence electrons. The maximum absolute atomic E-state index is 12.4. The number of hydrogen-bond acceptors (Lipinski definition) is 5. The van der Waals surface area contributed by atoms with Crippen LogP contribution in [0.2, 0.25) is 13.1 Å². The third kappa shape index (κ3) is 10.8. The molecule has 0 unspecified atom stereocenters. The van der Waals surface area contributed by atoms with Gasteiger partial charge < -0.3 is 21.6 Å². The molecule has 43 heavy (non-hydrogen) atoms.